The van der Waals surface area contributed by atoms with E-state index in [0.29, 0.717) is 23.6 Å². The number of hydrogen-bond acceptors (Lipinski definition) is 5. The molecule has 1 unspecified atom stereocenters. The average Bonchev–Trinajstić information content (AvgIpc) is 2.81. The lowest BCUT2D eigenvalue weighted by Gasteiger charge is -2.25. The number of ether oxygens (including phenoxy) is 1. The van der Waals surface area contributed by atoms with Crippen molar-refractivity contribution in [3.63, 3.8) is 0 Å². The van der Waals surface area contributed by atoms with E-state index in [2.05, 4.69) is 10.3 Å². The standard InChI is InChI=1S/C26H26N4O2/c1-18-8-10-22(16-28-18)29-26(31)23-14-20(21-12-13-30(2)25(27)15-21)9-11-24(23)32-17-19-6-4-3-5-7-19/h3-16,25H,17,27H2,1-2H3,(H,29,31). The zero-order valence-electron chi connectivity index (χ0n) is 18.2. The van der Waals surface area contributed by atoms with Crippen LogP contribution in [-0.4, -0.2) is 29.0 Å². The molecule has 32 heavy (non-hydrogen) atoms. The normalized spacial score (nSPS) is 15.3. The second-order valence-corrected chi connectivity index (χ2v) is 7.72. The van der Waals surface area contributed by atoms with Crippen LogP contribution in [0.25, 0.3) is 5.57 Å². The molecule has 0 fully saturated rings. The molecule has 1 atom stereocenters. The van der Waals surface area contributed by atoms with Gasteiger partial charge >= 0.3 is 0 Å². The molecule has 0 saturated heterocycles. The van der Waals surface area contributed by atoms with Gasteiger partial charge in [0.1, 0.15) is 12.4 Å². The first-order valence-electron chi connectivity index (χ1n) is 10.4. The van der Waals surface area contributed by atoms with Crippen LogP contribution < -0.4 is 15.8 Å². The van der Waals surface area contributed by atoms with Crippen LogP contribution in [0.2, 0.25) is 0 Å². The van der Waals surface area contributed by atoms with Gasteiger partial charge in [0.05, 0.1) is 23.6 Å². The molecule has 162 valence electrons. The molecule has 3 aromatic rings. The second kappa shape index (κ2) is 9.49. The van der Waals surface area contributed by atoms with Gasteiger partial charge in [0, 0.05) is 18.9 Å². The molecule has 1 aromatic heterocycles. The van der Waals surface area contributed by atoms with E-state index < -0.39 is 0 Å². The summed E-state index contributed by atoms with van der Waals surface area (Å²) in [6.07, 6.45) is 7.29. The monoisotopic (exact) mass is 426 g/mol. The van der Waals surface area contributed by atoms with Crippen LogP contribution in [0.1, 0.15) is 27.2 Å². The van der Waals surface area contributed by atoms with Crippen LogP contribution in [0.15, 0.2) is 85.2 Å². The van der Waals surface area contributed by atoms with Gasteiger partial charge in [-0.05, 0) is 60.0 Å². The topological polar surface area (TPSA) is 80.5 Å². The molecule has 6 nitrogen and oxygen atoms in total. The zero-order valence-corrected chi connectivity index (χ0v) is 18.2. The van der Waals surface area contributed by atoms with Crippen LogP contribution in [0.5, 0.6) is 5.75 Å². The minimum absolute atomic E-state index is 0.222. The van der Waals surface area contributed by atoms with Crippen molar-refractivity contribution < 1.29 is 9.53 Å². The molecule has 0 aliphatic carbocycles. The first kappa shape index (κ1) is 21.3. The predicted octanol–water partition coefficient (Wildman–Crippen LogP) is 4.35. The molecule has 1 aliphatic heterocycles. The van der Waals surface area contributed by atoms with Gasteiger partial charge in [-0.15, -0.1) is 0 Å². The van der Waals surface area contributed by atoms with Gasteiger partial charge < -0.3 is 20.7 Å². The summed E-state index contributed by atoms with van der Waals surface area (Å²) in [6.45, 7) is 2.27. The van der Waals surface area contributed by atoms with E-state index in [4.69, 9.17) is 10.5 Å². The lowest BCUT2D eigenvalue weighted by Crippen LogP contribution is -2.35. The number of nitrogens with zero attached hydrogens (tertiary/aromatic N) is 2. The van der Waals surface area contributed by atoms with E-state index >= 15 is 0 Å². The van der Waals surface area contributed by atoms with Gasteiger partial charge in [-0.25, -0.2) is 0 Å². The quantitative estimate of drug-likeness (QED) is 0.613. The molecule has 1 aliphatic rings. The SMILES string of the molecule is Cc1ccc(NC(=O)c2cc(C3=CC(N)N(C)C=C3)ccc2OCc2ccccc2)cn1. The number of likely N-dealkylation sites (N-methyl/N-ethyl adjacent to an activating group) is 1. The maximum Gasteiger partial charge on any atom is 0.259 e. The largest absolute Gasteiger partial charge is 0.488 e. The molecule has 1 amide bonds. The van der Waals surface area contributed by atoms with Gasteiger partial charge in [-0.1, -0.05) is 36.4 Å². The maximum absolute atomic E-state index is 13.2. The highest BCUT2D eigenvalue weighted by Gasteiger charge is 2.17. The van der Waals surface area contributed by atoms with Crippen LogP contribution in [0.4, 0.5) is 5.69 Å². The highest BCUT2D eigenvalue weighted by molar-refractivity contribution is 6.06. The molecule has 0 saturated carbocycles. The Hall–Kier alpha value is -3.90. The molecule has 4 rings (SSSR count). The smallest absolute Gasteiger partial charge is 0.259 e. The Bertz CT molecular complexity index is 1150. The Balaban J connectivity index is 1.64. The van der Waals surface area contributed by atoms with Crippen molar-refractivity contribution in [1.82, 2.24) is 9.88 Å². The minimum Gasteiger partial charge on any atom is -0.488 e. The molecule has 6 heteroatoms. The third-order valence-electron chi connectivity index (χ3n) is 5.27. The number of amides is 1. The van der Waals surface area contributed by atoms with Crippen molar-refractivity contribution in [2.75, 3.05) is 12.4 Å². The third-order valence-corrected chi connectivity index (χ3v) is 5.27. The Morgan fingerprint density at radius 1 is 1.16 bits per heavy atom. The average molecular weight is 427 g/mol. The number of benzene rings is 2. The number of allylic oxidation sites excluding steroid dienone is 2. The molecule has 0 spiro atoms. The maximum atomic E-state index is 13.2. The lowest BCUT2D eigenvalue weighted by molar-refractivity contribution is 0.102. The molecular weight excluding hydrogens is 400 g/mol. The summed E-state index contributed by atoms with van der Waals surface area (Å²) in [5.41, 5.74) is 11.0. The fourth-order valence-electron chi connectivity index (χ4n) is 3.34. The highest BCUT2D eigenvalue weighted by atomic mass is 16.5. The van der Waals surface area contributed by atoms with Crippen molar-refractivity contribution in [2.24, 2.45) is 5.73 Å². The molecule has 2 heterocycles. The Labute approximate surface area is 188 Å². The molecular formula is C26H26N4O2. The first-order chi connectivity index (χ1) is 15.5. The summed E-state index contributed by atoms with van der Waals surface area (Å²) in [5.74, 6) is 0.249. The predicted molar refractivity (Wildman–Crippen MR) is 127 cm³/mol. The van der Waals surface area contributed by atoms with Gasteiger partial charge in [0.25, 0.3) is 5.91 Å². The van der Waals surface area contributed by atoms with Crippen LogP contribution in [0, 0.1) is 6.92 Å². The Morgan fingerprint density at radius 2 is 1.97 bits per heavy atom. The Kier molecular flexibility index (Phi) is 6.33. The Morgan fingerprint density at radius 3 is 2.69 bits per heavy atom. The second-order valence-electron chi connectivity index (χ2n) is 7.72. The number of aryl methyl sites for hydroxylation is 1. The summed E-state index contributed by atoms with van der Waals surface area (Å²) < 4.78 is 6.03. The number of carbonyl (C=O) groups excluding carboxylic acids is 1. The summed E-state index contributed by atoms with van der Waals surface area (Å²) in [4.78, 5) is 19.4. The van der Waals surface area contributed by atoms with Crippen molar-refractivity contribution >= 4 is 17.2 Å². The van der Waals surface area contributed by atoms with Crippen LogP contribution >= 0.6 is 0 Å². The number of nitrogens with one attached hydrogen (secondary N) is 1. The van der Waals surface area contributed by atoms with Gasteiger partial charge in [0.15, 0.2) is 0 Å². The summed E-state index contributed by atoms with van der Waals surface area (Å²) >= 11 is 0. The number of nitrogens with two attached hydrogens (primary N) is 1. The van der Waals surface area contributed by atoms with Crippen LogP contribution in [-0.2, 0) is 6.61 Å². The lowest BCUT2D eigenvalue weighted by atomic mass is 9.99. The van der Waals surface area contributed by atoms with Gasteiger partial charge in [-0.3, -0.25) is 9.78 Å². The number of aromatic nitrogens is 1. The van der Waals surface area contributed by atoms with Crippen molar-refractivity contribution in [1.29, 1.82) is 0 Å². The fourth-order valence-corrected chi connectivity index (χ4v) is 3.34. The van der Waals surface area contributed by atoms with Crippen molar-refractivity contribution in [2.45, 2.75) is 19.7 Å². The number of anilines is 1. The molecule has 0 radical (unpaired) electrons. The van der Waals surface area contributed by atoms with E-state index in [1.54, 1.807) is 6.20 Å². The van der Waals surface area contributed by atoms with Crippen LogP contribution in [0.3, 0.4) is 0 Å². The number of carbonyl (C=O) groups is 1. The van der Waals surface area contributed by atoms with E-state index in [0.717, 1.165) is 22.4 Å². The van der Waals surface area contributed by atoms with E-state index in [1.807, 2.05) is 97.9 Å². The molecule has 3 N–H and O–H groups in total. The van der Waals surface area contributed by atoms with Gasteiger partial charge in [0.2, 0.25) is 0 Å². The van der Waals surface area contributed by atoms with Crippen molar-refractivity contribution in [3.8, 4) is 5.75 Å². The van der Waals surface area contributed by atoms with E-state index in [-0.39, 0.29) is 12.1 Å². The number of hydrogen-bond donors (Lipinski definition) is 2. The van der Waals surface area contributed by atoms with Gasteiger partial charge in [-0.2, -0.15) is 0 Å². The minimum atomic E-state index is -0.262. The summed E-state index contributed by atoms with van der Waals surface area (Å²) in [5, 5.41) is 2.92. The molecule has 2 aromatic carbocycles. The number of rotatable bonds is 6. The highest BCUT2D eigenvalue weighted by Crippen LogP contribution is 2.28. The molecule has 0 bridgehead atoms. The summed E-state index contributed by atoms with van der Waals surface area (Å²) in [6, 6.07) is 19.2. The number of pyridine rings is 1. The fraction of sp³-hybridized carbons (Fsp3) is 0.154. The first-order valence-corrected chi connectivity index (χ1v) is 10.4. The summed E-state index contributed by atoms with van der Waals surface area (Å²) in [7, 11) is 1.92. The van der Waals surface area contributed by atoms with E-state index in [1.165, 1.54) is 0 Å². The van der Waals surface area contributed by atoms with E-state index in [9.17, 15) is 4.79 Å². The third kappa shape index (κ3) is 5.04. The van der Waals surface area contributed by atoms with Crippen molar-refractivity contribution in [3.05, 3.63) is 108 Å². The zero-order chi connectivity index (χ0) is 22.5.